The molecule has 0 saturated carbocycles. The van der Waals surface area contributed by atoms with Crippen molar-refractivity contribution >= 4 is 45.0 Å². The lowest BCUT2D eigenvalue weighted by molar-refractivity contribution is 1.23. The lowest BCUT2D eigenvalue weighted by atomic mass is 10.0. The molecule has 0 bridgehead atoms. The van der Waals surface area contributed by atoms with Crippen LogP contribution in [0.5, 0.6) is 0 Å². The van der Waals surface area contributed by atoms with Crippen molar-refractivity contribution in [1.29, 1.82) is 0 Å². The first-order valence-corrected chi connectivity index (χ1v) is 45.3. The molecule has 98 heavy (non-hydrogen) atoms. The molecule has 0 aromatic heterocycles. The van der Waals surface area contributed by atoms with Crippen LogP contribution in [0.25, 0.3) is 0 Å². The molecule has 0 fully saturated rings. The summed E-state index contributed by atoms with van der Waals surface area (Å²) in [5.74, 6) is 0. The summed E-state index contributed by atoms with van der Waals surface area (Å²) in [4.78, 5) is 0. The lowest BCUT2D eigenvalue weighted by Crippen LogP contribution is -2.64. The molecule has 0 unspecified atom stereocenters. The largest absolute Gasteiger partial charge is 0.145 e. The van der Waals surface area contributed by atoms with Crippen molar-refractivity contribution in [3.63, 3.8) is 0 Å². The van der Waals surface area contributed by atoms with Gasteiger partial charge >= 0.3 is 0 Å². The summed E-state index contributed by atoms with van der Waals surface area (Å²) in [6.07, 6.45) is 0. The van der Waals surface area contributed by atoms with Crippen LogP contribution in [0.15, 0.2) is 249 Å². The maximum absolute atomic E-state index is 2.44. The fraction of sp³-hybridized carbons (Fsp3) is 0.305. The molecule has 0 heterocycles. The van der Waals surface area contributed by atoms with Crippen molar-refractivity contribution < 1.29 is 0 Å². The second-order valence-electron chi connectivity index (χ2n) is 29.7. The van der Waals surface area contributed by atoms with Crippen molar-refractivity contribution in [2.24, 2.45) is 0 Å². The Kier molecular flexibility index (Phi) is 38.2. The molecule has 0 N–H and O–H groups in total. The van der Waals surface area contributed by atoms with E-state index in [2.05, 4.69) is 446 Å². The normalized spacial score (nSPS) is 10.3. The number of aryl methyl sites for hydroxylation is 18. The topological polar surface area (TPSA) is 0 Å². The Hall–Kier alpha value is -7.93. The SMILES string of the molecule is C[Si](C)(C)C.C[Si](c1ccccc1)(c1ccccc1)c1ccccc1.Cc1cc(C)c(C)c(C)c1.Cc1ccc(C)c(C)c1.Cc1ccc(C)c(C)c1.Cc1ccc([Si](C)(C)C)cc1.Cc1cccc(C)c1C.Cc1cccc(C)c1C.Cc1ccccc1C.Cc1ccccc1C. The van der Waals surface area contributed by atoms with E-state index in [1.54, 1.807) is 5.19 Å². The predicted molar refractivity (Wildman–Crippen MR) is 453 cm³/mol. The highest BCUT2D eigenvalue weighted by Crippen LogP contribution is 2.16. The van der Waals surface area contributed by atoms with Gasteiger partial charge in [-0.15, -0.1) is 0 Å². The van der Waals surface area contributed by atoms with Crippen molar-refractivity contribution in [3.05, 3.63) is 366 Å². The van der Waals surface area contributed by atoms with Crippen LogP contribution in [0.2, 0.25) is 52.4 Å². The predicted octanol–water partition coefficient (Wildman–Crippen LogP) is 25.3. The van der Waals surface area contributed by atoms with Gasteiger partial charge in [0.05, 0.1) is 8.07 Å². The van der Waals surface area contributed by atoms with Crippen LogP contribution >= 0.6 is 0 Å². The van der Waals surface area contributed by atoms with E-state index in [1.165, 1.54) is 132 Å². The smallest absolute Gasteiger partial charge is 0.0697 e. The van der Waals surface area contributed by atoms with Gasteiger partial charge < -0.3 is 0 Å². The number of rotatable bonds is 4. The van der Waals surface area contributed by atoms with Gasteiger partial charge in [-0.1, -0.05) is 329 Å². The van der Waals surface area contributed by atoms with Gasteiger partial charge in [0, 0.05) is 8.07 Å². The number of hydrogen-bond acceptors (Lipinski definition) is 0. The van der Waals surface area contributed by atoms with E-state index < -0.39 is 24.2 Å². The summed E-state index contributed by atoms with van der Waals surface area (Å²) < 4.78 is 0. The van der Waals surface area contributed by atoms with Gasteiger partial charge in [0.1, 0.15) is 8.07 Å². The van der Waals surface area contributed by atoms with E-state index in [9.17, 15) is 0 Å². The molecule has 0 aliphatic rings. The molecule has 520 valence electrons. The molecule has 11 aromatic carbocycles. The molecule has 3 heteroatoms. The molecule has 0 radical (unpaired) electrons. The van der Waals surface area contributed by atoms with E-state index in [-0.39, 0.29) is 0 Å². The Bertz CT molecular complexity index is 3690. The van der Waals surface area contributed by atoms with Crippen molar-refractivity contribution in [2.45, 2.75) is 198 Å². The Morgan fingerprint density at radius 3 is 0.602 bits per heavy atom. The first kappa shape index (κ1) is 86.2. The summed E-state index contributed by atoms with van der Waals surface area (Å²) in [6.45, 7) is 63.8. The van der Waals surface area contributed by atoms with E-state index in [1.807, 2.05) is 0 Å². The Balaban J connectivity index is 0.000000379. The van der Waals surface area contributed by atoms with Crippen LogP contribution in [0, 0.1) is 145 Å². The van der Waals surface area contributed by atoms with Crippen LogP contribution in [0.4, 0.5) is 0 Å². The average Bonchev–Trinajstić information content (AvgIpc) is 0.771. The van der Waals surface area contributed by atoms with Crippen LogP contribution in [-0.4, -0.2) is 24.2 Å². The zero-order valence-corrected chi connectivity index (χ0v) is 69.7. The average molecular weight is 1350 g/mol. The summed E-state index contributed by atoms with van der Waals surface area (Å²) in [6, 6.07) is 88.6. The maximum Gasteiger partial charge on any atom is 0.145 e. The van der Waals surface area contributed by atoms with Crippen molar-refractivity contribution in [3.8, 4) is 0 Å². The van der Waals surface area contributed by atoms with Crippen molar-refractivity contribution in [1.82, 2.24) is 0 Å². The molecular formula is C95H128Si3. The van der Waals surface area contributed by atoms with Gasteiger partial charge in [-0.05, 0) is 256 Å². The molecular weight excluding hydrogens is 1230 g/mol. The van der Waals surface area contributed by atoms with E-state index in [4.69, 9.17) is 0 Å². The summed E-state index contributed by atoms with van der Waals surface area (Å²) in [7, 11) is -3.55. The molecule has 0 aliphatic heterocycles. The zero-order valence-electron chi connectivity index (χ0n) is 66.7. The van der Waals surface area contributed by atoms with E-state index in [0.717, 1.165) is 0 Å². The fourth-order valence-electron chi connectivity index (χ4n) is 10.0. The Labute approximate surface area is 604 Å². The van der Waals surface area contributed by atoms with Gasteiger partial charge in [-0.3, -0.25) is 0 Å². The third kappa shape index (κ3) is 33.1. The highest BCUT2D eigenvalue weighted by Gasteiger charge is 2.33. The van der Waals surface area contributed by atoms with Crippen LogP contribution in [0.3, 0.4) is 0 Å². The molecule has 0 spiro atoms. The number of benzene rings is 11. The first-order valence-electron chi connectivity index (χ1n) is 35.3. The highest BCUT2D eigenvalue weighted by atomic mass is 28.3. The quantitative estimate of drug-likeness (QED) is 0.122. The third-order valence-electron chi connectivity index (χ3n) is 18.0. The summed E-state index contributed by atoms with van der Waals surface area (Å²) >= 11 is 0. The van der Waals surface area contributed by atoms with Crippen LogP contribution < -0.4 is 20.7 Å². The highest BCUT2D eigenvalue weighted by molar-refractivity contribution is 7.10. The molecule has 0 aliphatic carbocycles. The third-order valence-corrected chi connectivity index (χ3v) is 24.5. The van der Waals surface area contributed by atoms with Gasteiger partial charge in [0.2, 0.25) is 0 Å². The summed E-state index contributed by atoms with van der Waals surface area (Å²) in [5.41, 5.74) is 29.0. The monoisotopic (exact) mass is 1350 g/mol. The Morgan fingerprint density at radius 2 is 0.378 bits per heavy atom. The molecule has 0 nitrogen and oxygen atoms in total. The van der Waals surface area contributed by atoms with Crippen LogP contribution in [0.1, 0.15) is 117 Å². The minimum atomic E-state index is -1.88. The zero-order chi connectivity index (χ0) is 73.9. The van der Waals surface area contributed by atoms with Crippen LogP contribution in [-0.2, 0) is 0 Å². The molecule has 0 atom stereocenters. The fourth-order valence-corrected chi connectivity index (χ4v) is 14.8. The van der Waals surface area contributed by atoms with Gasteiger partial charge in [-0.2, -0.15) is 0 Å². The summed E-state index contributed by atoms with van der Waals surface area (Å²) in [5, 5.41) is 5.91. The van der Waals surface area contributed by atoms with Gasteiger partial charge in [-0.25, -0.2) is 0 Å². The van der Waals surface area contributed by atoms with Crippen molar-refractivity contribution in [2.75, 3.05) is 0 Å². The molecule has 11 rings (SSSR count). The standard InChI is InChI=1S/C19H18Si.C10H16Si.C10H14.4C9H12.2C8H10.C4H12Si/c1-20(17-11-5-2-6-12-17,18-13-7-3-8-14-18)19-15-9-4-10-16-19;1-9-5-7-10(8-6-9)11(2,3)4;1-7-5-8(2)10(4)9(3)6-7;2*1-7-4-5-8(2)9(3)6-7;2*1-7-5-4-6-8(2)9(7)3;2*1-7-5-3-4-6-8(7)2;1-5(2,3)4/h2-16H,1H3;5-8H,1-4H3;5-6H,1-4H3;4*4-6H,1-3H3;2*3-6H,1-2H3;1-4H3. The minimum absolute atomic E-state index is 0.611. The van der Waals surface area contributed by atoms with Gasteiger partial charge in [0.15, 0.2) is 0 Å². The molecule has 0 saturated heterocycles. The Morgan fingerprint density at radius 1 is 0.163 bits per heavy atom. The molecule has 11 aromatic rings. The molecule has 0 amide bonds. The maximum atomic E-state index is 2.44. The second-order valence-corrected chi connectivity index (χ2v) is 44.8. The van der Waals surface area contributed by atoms with E-state index >= 15 is 0 Å². The first-order chi connectivity index (χ1) is 45.9. The number of hydrogen-bond donors (Lipinski definition) is 0. The minimum Gasteiger partial charge on any atom is -0.0697 e. The van der Waals surface area contributed by atoms with Gasteiger partial charge in [0.25, 0.3) is 0 Å². The lowest BCUT2D eigenvalue weighted by Gasteiger charge is -2.29. The van der Waals surface area contributed by atoms with E-state index in [0.29, 0.717) is 0 Å². The second kappa shape index (κ2) is 43.5.